The fraction of sp³-hybridized carbons (Fsp3) is 0.500. The summed E-state index contributed by atoms with van der Waals surface area (Å²) in [5.41, 5.74) is 6.03. The number of rotatable bonds is 2. The van der Waals surface area contributed by atoms with Crippen molar-refractivity contribution in [2.45, 2.75) is 25.2 Å². The van der Waals surface area contributed by atoms with Crippen molar-refractivity contribution in [1.82, 2.24) is 0 Å². The van der Waals surface area contributed by atoms with Gasteiger partial charge in [-0.15, -0.1) is 0 Å². The van der Waals surface area contributed by atoms with Crippen LogP contribution in [0.15, 0.2) is 18.2 Å². The first-order valence-electron chi connectivity index (χ1n) is 5.23. The molecule has 0 spiro atoms. The molecule has 1 aromatic carbocycles. The number of benzene rings is 1. The van der Waals surface area contributed by atoms with E-state index >= 15 is 0 Å². The van der Waals surface area contributed by atoms with Crippen molar-refractivity contribution < 1.29 is 8.78 Å². The Labute approximate surface area is 88.3 Å². The van der Waals surface area contributed by atoms with Gasteiger partial charge in [0.2, 0.25) is 0 Å². The first-order valence-corrected chi connectivity index (χ1v) is 5.23. The van der Waals surface area contributed by atoms with Gasteiger partial charge in [0, 0.05) is 18.0 Å². The lowest BCUT2D eigenvalue weighted by atomic mass is 9.59. The van der Waals surface area contributed by atoms with Gasteiger partial charge in [-0.3, -0.25) is 0 Å². The lowest BCUT2D eigenvalue weighted by Crippen LogP contribution is -2.46. The van der Waals surface area contributed by atoms with Crippen LogP contribution >= 0.6 is 0 Å². The number of nitrogens with two attached hydrogens (primary N) is 1. The summed E-state index contributed by atoms with van der Waals surface area (Å²) in [7, 11) is 0. The highest BCUT2D eigenvalue weighted by molar-refractivity contribution is 5.31. The molecule has 1 nitrogen and oxygen atoms in total. The van der Waals surface area contributed by atoms with E-state index in [4.69, 9.17) is 5.73 Å². The van der Waals surface area contributed by atoms with E-state index in [1.807, 2.05) is 0 Å². The standard InChI is InChI=1S/C12H15F2N/c1-8-5-12(6-8,7-15)10-3-2-9(13)4-11(10)14/h2-4,8H,5-7,15H2,1H3. The van der Waals surface area contributed by atoms with Gasteiger partial charge in [-0.25, -0.2) is 8.78 Å². The predicted molar refractivity (Wildman–Crippen MR) is 55.5 cm³/mol. The van der Waals surface area contributed by atoms with Crippen LogP contribution < -0.4 is 5.73 Å². The van der Waals surface area contributed by atoms with Gasteiger partial charge in [0.1, 0.15) is 11.6 Å². The minimum Gasteiger partial charge on any atom is -0.330 e. The molecule has 2 rings (SSSR count). The van der Waals surface area contributed by atoms with Crippen molar-refractivity contribution in [3.8, 4) is 0 Å². The quantitative estimate of drug-likeness (QED) is 0.799. The second-order valence-electron chi connectivity index (χ2n) is 4.62. The van der Waals surface area contributed by atoms with E-state index in [2.05, 4.69) is 6.92 Å². The van der Waals surface area contributed by atoms with Crippen molar-refractivity contribution in [1.29, 1.82) is 0 Å². The van der Waals surface area contributed by atoms with E-state index in [1.165, 1.54) is 12.1 Å². The molecular weight excluding hydrogens is 196 g/mol. The van der Waals surface area contributed by atoms with Gasteiger partial charge >= 0.3 is 0 Å². The normalized spacial score (nSPS) is 30.0. The van der Waals surface area contributed by atoms with Crippen LogP contribution in [-0.4, -0.2) is 6.54 Å². The van der Waals surface area contributed by atoms with Gasteiger partial charge in [0.05, 0.1) is 0 Å². The van der Waals surface area contributed by atoms with E-state index in [-0.39, 0.29) is 5.41 Å². The van der Waals surface area contributed by atoms with Crippen molar-refractivity contribution in [3.63, 3.8) is 0 Å². The molecule has 1 saturated carbocycles. The van der Waals surface area contributed by atoms with E-state index in [0.717, 1.165) is 18.9 Å². The highest BCUT2D eigenvalue weighted by Crippen LogP contribution is 2.47. The fourth-order valence-corrected chi connectivity index (χ4v) is 2.69. The smallest absolute Gasteiger partial charge is 0.129 e. The van der Waals surface area contributed by atoms with Crippen LogP contribution in [0.4, 0.5) is 8.78 Å². The van der Waals surface area contributed by atoms with Crippen LogP contribution in [0.5, 0.6) is 0 Å². The zero-order valence-corrected chi connectivity index (χ0v) is 8.76. The first kappa shape index (κ1) is 10.6. The summed E-state index contributed by atoms with van der Waals surface area (Å²) in [6.07, 6.45) is 1.79. The van der Waals surface area contributed by atoms with Crippen LogP contribution in [0, 0.1) is 17.6 Å². The van der Waals surface area contributed by atoms with E-state index in [1.54, 1.807) is 0 Å². The van der Waals surface area contributed by atoms with Crippen LogP contribution in [-0.2, 0) is 5.41 Å². The van der Waals surface area contributed by atoms with Crippen molar-refractivity contribution in [2.24, 2.45) is 11.7 Å². The van der Waals surface area contributed by atoms with E-state index in [0.29, 0.717) is 18.0 Å². The SMILES string of the molecule is CC1CC(CN)(c2ccc(F)cc2F)C1. The molecule has 1 fully saturated rings. The molecule has 0 bridgehead atoms. The van der Waals surface area contributed by atoms with Crippen molar-refractivity contribution >= 4 is 0 Å². The van der Waals surface area contributed by atoms with Crippen molar-refractivity contribution in [3.05, 3.63) is 35.4 Å². The Balaban J connectivity index is 2.36. The molecule has 0 aromatic heterocycles. The second kappa shape index (κ2) is 3.56. The Morgan fingerprint density at radius 1 is 1.40 bits per heavy atom. The molecule has 0 radical (unpaired) electrons. The monoisotopic (exact) mass is 211 g/mol. The van der Waals surface area contributed by atoms with Gasteiger partial charge in [-0.2, -0.15) is 0 Å². The Bertz CT molecular complexity index is 370. The molecule has 82 valence electrons. The summed E-state index contributed by atoms with van der Waals surface area (Å²) in [6, 6.07) is 3.78. The van der Waals surface area contributed by atoms with Crippen LogP contribution in [0.2, 0.25) is 0 Å². The average molecular weight is 211 g/mol. The summed E-state index contributed by atoms with van der Waals surface area (Å²) in [6.45, 7) is 2.55. The number of halogens is 2. The molecule has 0 aliphatic heterocycles. The Morgan fingerprint density at radius 3 is 2.53 bits per heavy atom. The lowest BCUT2D eigenvalue weighted by molar-refractivity contribution is 0.159. The van der Waals surface area contributed by atoms with Crippen molar-refractivity contribution in [2.75, 3.05) is 6.54 Å². The van der Waals surface area contributed by atoms with Gasteiger partial charge in [0.15, 0.2) is 0 Å². The summed E-state index contributed by atoms with van der Waals surface area (Å²) in [4.78, 5) is 0. The summed E-state index contributed by atoms with van der Waals surface area (Å²) in [5.74, 6) is -0.416. The molecular formula is C12H15F2N. The molecule has 0 amide bonds. The third kappa shape index (κ3) is 1.65. The molecule has 1 aromatic rings. The molecule has 0 unspecified atom stereocenters. The molecule has 1 aliphatic carbocycles. The number of hydrogen-bond donors (Lipinski definition) is 1. The molecule has 15 heavy (non-hydrogen) atoms. The average Bonchev–Trinajstić information content (AvgIpc) is 2.13. The summed E-state index contributed by atoms with van der Waals surface area (Å²) < 4.78 is 26.4. The van der Waals surface area contributed by atoms with Crippen LogP contribution in [0.1, 0.15) is 25.3 Å². The fourth-order valence-electron chi connectivity index (χ4n) is 2.69. The predicted octanol–water partition coefficient (Wildman–Crippen LogP) is 2.59. The molecule has 0 saturated heterocycles. The largest absolute Gasteiger partial charge is 0.330 e. The number of hydrogen-bond acceptors (Lipinski definition) is 1. The molecule has 2 N–H and O–H groups in total. The third-order valence-electron chi connectivity index (χ3n) is 3.37. The summed E-state index contributed by atoms with van der Waals surface area (Å²) >= 11 is 0. The van der Waals surface area contributed by atoms with Gasteiger partial charge in [0.25, 0.3) is 0 Å². The minimum atomic E-state index is -0.532. The lowest BCUT2D eigenvalue weighted by Gasteiger charge is -2.46. The maximum atomic E-state index is 13.6. The molecule has 3 heteroatoms. The topological polar surface area (TPSA) is 26.0 Å². The molecule has 0 heterocycles. The zero-order chi connectivity index (χ0) is 11.1. The van der Waals surface area contributed by atoms with Gasteiger partial charge in [-0.05, 0) is 30.4 Å². The maximum absolute atomic E-state index is 13.6. The van der Waals surface area contributed by atoms with Gasteiger partial charge < -0.3 is 5.73 Å². The van der Waals surface area contributed by atoms with Crippen LogP contribution in [0.3, 0.4) is 0 Å². The Kier molecular flexibility index (Phi) is 2.51. The van der Waals surface area contributed by atoms with Crippen LogP contribution in [0.25, 0.3) is 0 Å². The zero-order valence-electron chi connectivity index (χ0n) is 8.76. The second-order valence-corrected chi connectivity index (χ2v) is 4.62. The van der Waals surface area contributed by atoms with E-state index < -0.39 is 11.6 Å². The minimum absolute atomic E-state index is 0.253. The first-order chi connectivity index (χ1) is 7.07. The van der Waals surface area contributed by atoms with Gasteiger partial charge in [-0.1, -0.05) is 13.0 Å². The Hall–Kier alpha value is -0.960. The Morgan fingerprint density at radius 2 is 2.07 bits per heavy atom. The summed E-state index contributed by atoms with van der Waals surface area (Å²) in [5, 5.41) is 0. The highest BCUT2D eigenvalue weighted by Gasteiger charge is 2.43. The molecule has 1 aliphatic rings. The third-order valence-corrected chi connectivity index (χ3v) is 3.37. The molecule has 0 atom stereocenters. The van der Waals surface area contributed by atoms with E-state index in [9.17, 15) is 8.78 Å². The highest BCUT2D eigenvalue weighted by atomic mass is 19.1. The maximum Gasteiger partial charge on any atom is 0.129 e.